The summed E-state index contributed by atoms with van der Waals surface area (Å²) < 4.78 is 16.4. The van der Waals surface area contributed by atoms with Gasteiger partial charge in [0.05, 0.1) is 20.0 Å². The van der Waals surface area contributed by atoms with Gasteiger partial charge in [-0.2, -0.15) is 0 Å². The number of hydrogen-bond acceptors (Lipinski definition) is 4. The topological polar surface area (TPSA) is 44.8 Å². The molecule has 1 unspecified atom stereocenters. The number of hydrogen-bond donors (Lipinski definition) is 0. The Morgan fingerprint density at radius 3 is 2.58 bits per heavy atom. The second kappa shape index (κ2) is 12.8. The first-order valence-corrected chi connectivity index (χ1v) is 13.2. The molecule has 166 valence electrons. The molecule has 0 saturated carbocycles. The molecule has 0 spiro atoms. The van der Waals surface area contributed by atoms with Crippen molar-refractivity contribution in [3.8, 4) is 23.7 Å². The van der Waals surface area contributed by atoms with Crippen molar-refractivity contribution in [3.05, 3.63) is 60.4 Å². The van der Waals surface area contributed by atoms with Crippen molar-refractivity contribution in [1.29, 1.82) is 0 Å². The maximum Gasteiger partial charge on any atom is 0.330 e. The highest BCUT2D eigenvalue weighted by atomic mass is 28.4. The van der Waals surface area contributed by atoms with Crippen molar-refractivity contribution < 1.29 is 18.7 Å². The molecule has 0 aromatic heterocycles. The number of allylic oxidation sites excluding steroid dienone is 1. The first-order valence-electron chi connectivity index (χ1n) is 10.3. The second-order valence-corrected chi connectivity index (χ2v) is 13.2. The molecule has 4 nitrogen and oxygen atoms in total. The third kappa shape index (κ3) is 9.30. The van der Waals surface area contributed by atoms with Gasteiger partial charge in [0.1, 0.15) is 0 Å². The average molecular weight is 439 g/mol. The molecule has 0 aliphatic rings. The lowest BCUT2D eigenvalue weighted by molar-refractivity contribution is -0.134. The summed E-state index contributed by atoms with van der Waals surface area (Å²) in [5, 5.41) is 0.139. The summed E-state index contributed by atoms with van der Waals surface area (Å²) in [4.78, 5) is 11.1. The molecule has 31 heavy (non-hydrogen) atoms. The SMILES string of the molecule is C=COC(C#CCO[Si](C)(C)C(C)(C)C)c1ccccc1C#CCC/C=C/C(=O)OC. The van der Waals surface area contributed by atoms with Crippen LogP contribution in [0.4, 0.5) is 0 Å². The monoisotopic (exact) mass is 438 g/mol. The van der Waals surface area contributed by atoms with E-state index in [1.807, 2.05) is 24.3 Å². The lowest BCUT2D eigenvalue weighted by Crippen LogP contribution is -2.40. The fourth-order valence-electron chi connectivity index (χ4n) is 2.25. The summed E-state index contributed by atoms with van der Waals surface area (Å²) in [5.41, 5.74) is 1.74. The fourth-order valence-corrected chi connectivity index (χ4v) is 3.12. The van der Waals surface area contributed by atoms with E-state index in [4.69, 9.17) is 9.16 Å². The number of carbonyl (C=O) groups excluding carboxylic acids is 1. The van der Waals surface area contributed by atoms with Crippen molar-refractivity contribution in [2.45, 2.75) is 57.8 Å². The molecule has 1 rings (SSSR count). The van der Waals surface area contributed by atoms with Crippen molar-refractivity contribution in [2.24, 2.45) is 0 Å². The van der Waals surface area contributed by atoms with Crippen LogP contribution in [0.1, 0.15) is 50.8 Å². The minimum Gasteiger partial charge on any atom is -0.481 e. The smallest absolute Gasteiger partial charge is 0.330 e. The molecule has 0 heterocycles. The predicted molar refractivity (Wildman–Crippen MR) is 129 cm³/mol. The highest BCUT2D eigenvalue weighted by Gasteiger charge is 2.36. The van der Waals surface area contributed by atoms with E-state index >= 15 is 0 Å². The molecule has 0 saturated heterocycles. The number of esters is 1. The average Bonchev–Trinajstić information content (AvgIpc) is 2.72. The Hall–Kier alpha value is -2.73. The van der Waals surface area contributed by atoms with E-state index in [1.165, 1.54) is 19.4 Å². The molecule has 0 fully saturated rings. The van der Waals surface area contributed by atoms with Gasteiger partial charge >= 0.3 is 5.97 Å². The van der Waals surface area contributed by atoms with E-state index in [0.29, 0.717) is 19.4 Å². The number of carbonyl (C=O) groups is 1. The van der Waals surface area contributed by atoms with Gasteiger partial charge in [-0.25, -0.2) is 4.79 Å². The van der Waals surface area contributed by atoms with Crippen molar-refractivity contribution in [2.75, 3.05) is 13.7 Å². The van der Waals surface area contributed by atoms with E-state index in [9.17, 15) is 4.79 Å². The Labute approximate surface area is 188 Å². The van der Waals surface area contributed by atoms with Crippen molar-refractivity contribution in [3.63, 3.8) is 0 Å². The first kappa shape index (κ1) is 26.3. The maximum atomic E-state index is 11.1. The maximum absolute atomic E-state index is 11.1. The minimum atomic E-state index is -1.84. The predicted octanol–water partition coefficient (Wildman–Crippen LogP) is 5.77. The van der Waals surface area contributed by atoms with Gasteiger partial charge in [-0.15, -0.1) is 0 Å². The highest BCUT2D eigenvalue weighted by Crippen LogP contribution is 2.36. The second-order valence-electron chi connectivity index (χ2n) is 8.41. The molecule has 1 aromatic carbocycles. The van der Waals surface area contributed by atoms with Crippen LogP contribution in [0, 0.1) is 23.7 Å². The molecule has 1 aromatic rings. The molecular weight excluding hydrogens is 404 g/mol. The number of ether oxygens (including phenoxy) is 2. The Bertz CT molecular complexity index is 886. The van der Waals surface area contributed by atoms with Crippen LogP contribution in [0.15, 0.2) is 49.3 Å². The van der Waals surface area contributed by atoms with Crippen molar-refractivity contribution >= 4 is 14.3 Å². The minimum absolute atomic E-state index is 0.139. The van der Waals surface area contributed by atoms with Gasteiger partial charge < -0.3 is 13.9 Å². The van der Waals surface area contributed by atoms with Gasteiger partial charge in [0.15, 0.2) is 14.4 Å². The van der Waals surface area contributed by atoms with E-state index in [1.54, 1.807) is 6.08 Å². The van der Waals surface area contributed by atoms with E-state index < -0.39 is 14.4 Å². The normalized spacial score (nSPS) is 12.2. The fraction of sp³-hybridized carbons (Fsp3) is 0.423. The zero-order chi connectivity index (χ0) is 23.3. The highest BCUT2D eigenvalue weighted by molar-refractivity contribution is 6.74. The molecule has 0 N–H and O–H groups in total. The summed E-state index contributed by atoms with van der Waals surface area (Å²) in [6, 6.07) is 7.77. The summed E-state index contributed by atoms with van der Waals surface area (Å²) in [7, 11) is -0.490. The van der Waals surface area contributed by atoms with Gasteiger partial charge in [-0.1, -0.05) is 75.3 Å². The quantitative estimate of drug-likeness (QED) is 0.129. The Morgan fingerprint density at radius 2 is 1.94 bits per heavy atom. The van der Waals surface area contributed by atoms with Crippen LogP contribution in [-0.2, 0) is 18.7 Å². The first-order chi connectivity index (χ1) is 14.6. The van der Waals surface area contributed by atoms with Crippen LogP contribution >= 0.6 is 0 Å². The molecular formula is C26H34O4Si. The summed E-state index contributed by atoms with van der Waals surface area (Å²) in [6.45, 7) is 15.1. The van der Waals surface area contributed by atoms with Crippen LogP contribution in [0.3, 0.4) is 0 Å². The van der Waals surface area contributed by atoms with E-state index in [2.05, 4.69) is 68.9 Å². The Balaban J connectivity index is 2.89. The lowest BCUT2D eigenvalue weighted by atomic mass is 10.0. The molecule has 0 radical (unpaired) electrons. The van der Waals surface area contributed by atoms with Gasteiger partial charge in [-0.3, -0.25) is 0 Å². The summed E-state index contributed by atoms with van der Waals surface area (Å²) in [6.07, 6.45) is 5.39. The zero-order valence-electron chi connectivity index (χ0n) is 19.6. The van der Waals surface area contributed by atoms with Crippen LogP contribution in [0.2, 0.25) is 18.1 Å². The Kier molecular flexibility index (Phi) is 10.9. The molecule has 1 atom stereocenters. The number of methoxy groups -OCH3 is 1. The molecule has 0 aliphatic heterocycles. The molecule has 0 amide bonds. The van der Waals surface area contributed by atoms with Crippen LogP contribution in [-0.4, -0.2) is 28.0 Å². The summed E-state index contributed by atoms with van der Waals surface area (Å²) in [5.74, 6) is 12.2. The molecule has 0 bridgehead atoms. The Morgan fingerprint density at radius 1 is 1.23 bits per heavy atom. The van der Waals surface area contributed by atoms with E-state index in [0.717, 1.165) is 11.1 Å². The standard InChI is InChI=1S/C26H34O4Si/c1-8-29-24(19-15-21-30-31(6,7)26(2,3)4)23-18-14-13-17-22(23)16-11-9-10-12-20-25(27)28-5/h8,12-14,17-18,20,24H,1,9-10,21H2,2-7H3/b20-12+. The third-order valence-electron chi connectivity index (χ3n) is 5.13. The summed E-state index contributed by atoms with van der Waals surface area (Å²) >= 11 is 0. The number of benzene rings is 1. The van der Waals surface area contributed by atoms with Gasteiger partial charge in [-0.05, 0) is 30.6 Å². The van der Waals surface area contributed by atoms with Crippen molar-refractivity contribution in [1.82, 2.24) is 0 Å². The van der Waals surface area contributed by atoms with Gasteiger partial charge in [0.2, 0.25) is 0 Å². The van der Waals surface area contributed by atoms with E-state index in [-0.39, 0.29) is 11.0 Å². The number of rotatable bonds is 8. The van der Waals surface area contributed by atoms with Gasteiger partial charge in [0, 0.05) is 23.6 Å². The third-order valence-corrected chi connectivity index (χ3v) is 9.61. The largest absolute Gasteiger partial charge is 0.481 e. The molecule has 5 heteroatoms. The van der Waals surface area contributed by atoms with Crippen LogP contribution < -0.4 is 0 Å². The zero-order valence-corrected chi connectivity index (χ0v) is 20.6. The lowest BCUT2D eigenvalue weighted by Gasteiger charge is -2.35. The van der Waals surface area contributed by atoms with Crippen LogP contribution in [0.5, 0.6) is 0 Å². The number of unbranched alkanes of at least 4 members (excludes halogenated alkanes) is 1. The molecule has 0 aliphatic carbocycles. The van der Waals surface area contributed by atoms with Gasteiger partial charge in [0.25, 0.3) is 0 Å². The van der Waals surface area contributed by atoms with Crippen LogP contribution in [0.25, 0.3) is 0 Å².